The van der Waals surface area contributed by atoms with Gasteiger partial charge in [-0.25, -0.2) is 0 Å². The SMILES string of the molecule is C=CCC(=C)NC.CC(C)(C#N)COC1COC2=C(C=CCC2)C1. The van der Waals surface area contributed by atoms with Crippen LogP contribution in [-0.4, -0.2) is 26.4 Å². The number of nitrogens with zero attached hydrogens (tertiary/aromatic N) is 1. The lowest BCUT2D eigenvalue weighted by Crippen LogP contribution is -2.30. The van der Waals surface area contributed by atoms with Crippen molar-refractivity contribution in [2.24, 2.45) is 5.41 Å². The predicted octanol–water partition coefficient (Wildman–Crippen LogP) is 4.24. The Balaban J connectivity index is 0.000000351. The van der Waals surface area contributed by atoms with Gasteiger partial charge in [0.05, 0.1) is 30.0 Å². The minimum Gasteiger partial charge on any atom is -0.495 e. The van der Waals surface area contributed by atoms with E-state index in [1.54, 1.807) is 0 Å². The van der Waals surface area contributed by atoms with Gasteiger partial charge in [-0.2, -0.15) is 5.26 Å². The molecule has 2 rings (SSSR count). The lowest BCUT2D eigenvalue weighted by atomic mass is 9.96. The highest BCUT2D eigenvalue weighted by Crippen LogP contribution is 2.29. The Morgan fingerprint density at radius 2 is 2.33 bits per heavy atom. The predicted molar refractivity (Wildman–Crippen MR) is 98.1 cm³/mol. The van der Waals surface area contributed by atoms with Crippen LogP contribution in [0.15, 0.2) is 48.4 Å². The van der Waals surface area contributed by atoms with Crippen LogP contribution in [0.1, 0.15) is 39.5 Å². The Morgan fingerprint density at radius 1 is 1.58 bits per heavy atom. The first kappa shape index (κ1) is 20.1. The average Bonchev–Trinajstić information content (AvgIpc) is 2.60. The fraction of sp³-hybridized carbons (Fsp3) is 0.550. The number of nitriles is 1. The molecule has 0 saturated carbocycles. The normalized spacial score (nSPS) is 19.2. The van der Waals surface area contributed by atoms with Crippen molar-refractivity contribution in [2.75, 3.05) is 20.3 Å². The summed E-state index contributed by atoms with van der Waals surface area (Å²) in [6.45, 7) is 12.1. The smallest absolute Gasteiger partial charge is 0.114 e. The van der Waals surface area contributed by atoms with Gasteiger partial charge in [0.25, 0.3) is 0 Å². The summed E-state index contributed by atoms with van der Waals surface area (Å²) in [5.41, 5.74) is 1.86. The summed E-state index contributed by atoms with van der Waals surface area (Å²) in [7, 11) is 1.85. The molecule has 0 fully saturated rings. The summed E-state index contributed by atoms with van der Waals surface area (Å²) < 4.78 is 11.5. The third-order valence-corrected chi connectivity index (χ3v) is 3.83. The molecule has 0 radical (unpaired) electrons. The standard InChI is InChI=1S/C14H19NO2.C6H11N/c1-14(2,9-15)10-17-12-7-11-5-3-4-6-13(11)16-8-12;1-4-5-6(2)7-3/h3,5,12H,4,6-8,10H2,1-2H3;4,7H,1-2,5H2,3H3. The van der Waals surface area contributed by atoms with E-state index in [9.17, 15) is 0 Å². The van der Waals surface area contributed by atoms with Gasteiger partial charge in [-0.15, -0.1) is 6.58 Å². The van der Waals surface area contributed by atoms with E-state index in [1.165, 1.54) is 5.57 Å². The fourth-order valence-electron chi connectivity index (χ4n) is 2.28. The van der Waals surface area contributed by atoms with Crippen LogP contribution in [-0.2, 0) is 9.47 Å². The first-order chi connectivity index (χ1) is 11.4. The highest BCUT2D eigenvalue weighted by Gasteiger charge is 2.25. The zero-order valence-corrected chi connectivity index (χ0v) is 15.2. The van der Waals surface area contributed by atoms with Crippen LogP contribution in [0.25, 0.3) is 0 Å². The second kappa shape index (κ2) is 10.00. The van der Waals surface area contributed by atoms with Gasteiger partial charge in [-0.1, -0.05) is 24.8 Å². The maximum Gasteiger partial charge on any atom is 0.114 e. The van der Waals surface area contributed by atoms with Crippen LogP contribution in [0, 0.1) is 16.7 Å². The van der Waals surface area contributed by atoms with E-state index < -0.39 is 5.41 Å². The maximum absolute atomic E-state index is 8.93. The van der Waals surface area contributed by atoms with Crippen LogP contribution in [0.4, 0.5) is 0 Å². The quantitative estimate of drug-likeness (QED) is 0.740. The summed E-state index contributed by atoms with van der Waals surface area (Å²) in [6.07, 6.45) is 10.1. The van der Waals surface area contributed by atoms with Crippen LogP contribution in [0.2, 0.25) is 0 Å². The molecule has 1 N–H and O–H groups in total. The zero-order valence-electron chi connectivity index (χ0n) is 15.2. The van der Waals surface area contributed by atoms with Gasteiger partial charge >= 0.3 is 0 Å². The molecule has 24 heavy (non-hydrogen) atoms. The largest absolute Gasteiger partial charge is 0.495 e. The minimum absolute atomic E-state index is 0.0872. The number of nitrogens with one attached hydrogen (secondary N) is 1. The van der Waals surface area contributed by atoms with Gasteiger partial charge in [-0.3, -0.25) is 0 Å². The molecular formula is C20H30N2O2. The van der Waals surface area contributed by atoms with Crippen molar-refractivity contribution >= 4 is 0 Å². The summed E-state index contributed by atoms with van der Waals surface area (Å²) in [6, 6.07) is 2.25. The second-order valence-electron chi connectivity index (χ2n) is 6.68. The summed E-state index contributed by atoms with van der Waals surface area (Å²) in [5.74, 6) is 1.13. The third-order valence-electron chi connectivity index (χ3n) is 3.83. The van der Waals surface area contributed by atoms with E-state index in [-0.39, 0.29) is 6.10 Å². The number of allylic oxidation sites excluding steroid dienone is 4. The Morgan fingerprint density at radius 3 is 2.92 bits per heavy atom. The topological polar surface area (TPSA) is 54.3 Å². The molecule has 132 valence electrons. The first-order valence-corrected chi connectivity index (χ1v) is 8.42. The molecule has 4 heteroatoms. The molecule has 4 nitrogen and oxygen atoms in total. The summed E-state index contributed by atoms with van der Waals surface area (Å²) in [5, 5.41) is 11.8. The number of hydrogen-bond donors (Lipinski definition) is 1. The highest BCUT2D eigenvalue weighted by molar-refractivity contribution is 5.28. The second-order valence-corrected chi connectivity index (χ2v) is 6.68. The summed E-state index contributed by atoms with van der Waals surface area (Å²) >= 11 is 0. The molecule has 1 unspecified atom stereocenters. The molecule has 0 aromatic heterocycles. The molecule has 0 saturated heterocycles. The molecule has 2 aliphatic rings. The molecular weight excluding hydrogens is 300 g/mol. The van der Waals surface area contributed by atoms with Crippen LogP contribution >= 0.6 is 0 Å². The van der Waals surface area contributed by atoms with E-state index in [0.29, 0.717) is 13.2 Å². The van der Waals surface area contributed by atoms with Gasteiger partial charge < -0.3 is 14.8 Å². The molecule has 1 aliphatic carbocycles. The average molecular weight is 330 g/mol. The Bertz CT molecular complexity index is 538. The Hall–Kier alpha value is -1.99. The van der Waals surface area contributed by atoms with E-state index in [4.69, 9.17) is 14.7 Å². The fourth-order valence-corrected chi connectivity index (χ4v) is 2.28. The molecule has 0 spiro atoms. The van der Waals surface area contributed by atoms with Crippen LogP contribution < -0.4 is 5.32 Å². The Labute approximate surface area is 146 Å². The van der Waals surface area contributed by atoms with Crippen LogP contribution in [0.5, 0.6) is 0 Å². The number of ether oxygens (including phenoxy) is 2. The van der Waals surface area contributed by atoms with Gasteiger partial charge in [0.1, 0.15) is 6.61 Å². The van der Waals surface area contributed by atoms with Gasteiger partial charge in [-0.05, 0) is 25.8 Å². The molecule has 0 aromatic rings. The lowest BCUT2D eigenvalue weighted by molar-refractivity contribution is -0.0311. The van der Waals surface area contributed by atoms with Gasteiger partial charge in [0.15, 0.2) is 0 Å². The van der Waals surface area contributed by atoms with Crippen molar-refractivity contribution in [1.82, 2.24) is 5.32 Å². The summed E-state index contributed by atoms with van der Waals surface area (Å²) in [4.78, 5) is 0. The van der Waals surface area contributed by atoms with Crippen molar-refractivity contribution in [3.05, 3.63) is 48.4 Å². The van der Waals surface area contributed by atoms with Crippen molar-refractivity contribution in [1.29, 1.82) is 5.26 Å². The van der Waals surface area contributed by atoms with E-state index >= 15 is 0 Å². The maximum atomic E-state index is 8.93. The van der Waals surface area contributed by atoms with Crippen molar-refractivity contribution < 1.29 is 9.47 Å². The first-order valence-electron chi connectivity index (χ1n) is 8.42. The number of hydrogen-bond acceptors (Lipinski definition) is 4. The molecule has 0 bridgehead atoms. The molecule has 0 aromatic carbocycles. The lowest BCUT2D eigenvalue weighted by Gasteiger charge is -2.29. The Kier molecular flexibility index (Phi) is 8.35. The minimum atomic E-state index is -0.420. The zero-order chi connectivity index (χ0) is 18.0. The third kappa shape index (κ3) is 7.06. The van der Waals surface area contributed by atoms with E-state index in [2.05, 4.69) is 36.7 Å². The number of rotatable bonds is 6. The van der Waals surface area contributed by atoms with Gasteiger partial charge in [0, 0.05) is 32.0 Å². The van der Waals surface area contributed by atoms with Crippen LogP contribution in [0.3, 0.4) is 0 Å². The molecule has 1 atom stereocenters. The van der Waals surface area contributed by atoms with Crippen molar-refractivity contribution in [3.8, 4) is 6.07 Å². The van der Waals surface area contributed by atoms with E-state index in [1.807, 2.05) is 27.0 Å². The van der Waals surface area contributed by atoms with E-state index in [0.717, 1.165) is 37.1 Å². The molecule has 1 heterocycles. The highest BCUT2D eigenvalue weighted by atomic mass is 16.5. The van der Waals surface area contributed by atoms with Crippen molar-refractivity contribution in [2.45, 2.75) is 45.6 Å². The molecule has 0 amide bonds. The molecule has 1 aliphatic heterocycles. The monoisotopic (exact) mass is 330 g/mol. The van der Waals surface area contributed by atoms with Crippen molar-refractivity contribution in [3.63, 3.8) is 0 Å². The van der Waals surface area contributed by atoms with Gasteiger partial charge in [0.2, 0.25) is 0 Å².